The van der Waals surface area contributed by atoms with Crippen molar-refractivity contribution in [2.24, 2.45) is 0 Å². The first kappa shape index (κ1) is 20.9. The second-order valence-electron chi connectivity index (χ2n) is 6.92. The summed E-state index contributed by atoms with van der Waals surface area (Å²) in [5.41, 5.74) is 1.89. The molecule has 0 fully saturated rings. The molecule has 4 aromatic rings. The molecule has 1 aliphatic rings. The lowest BCUT2D eigenvalue weighted by atomic mass is 10.2. The van der Waals surface area contributed by atoms with Crippen molar-refractivity contribution in [3.63, 3.8) is 0 Å². The van der Waals surface area contributed by atoms with Crippen molar-refractivity contribution in [1.29, 1.82) is 0 Å². The second-order valence-corrected chi connectivity index (χ2v) is 9.19. The van der Waals surface area contributed by atoms with E-state index in [1.165, 1.54) is 23.1 Å². The molecule has 0 saturated carbocycles. The standard InChI is InChI=1S/C22H16ClN3O4S2/c23-14-3-1-2-4-15(14)24-19(27)11-32-22-25-16-7-8-31-20(16)21(28)26(22)10-13-5-6-17-18(9-13)30-12-29-17/h1-9H,10-12H2,(H,24,27). The zero-order valence-electron chi connectivity index (χ0n) is 16.5. The highest BCUT2D eigenvalue weighted by Gasteiger charge is 2.17. The Morgan fingerprint density at radius 1 is 1.19 bits per heavy atom. The normalized spacial score (nSPS) is 12.3. The van der Waals surface area contributed by atoms with E-state index < -0.39 is 0 Å². The van der Waals surface area contributed by atoms with Crippen LogP contribution in [-0.4, -0.2) is 28.0 Å². The molecule has 3 heterocycles. The highest BCUT2D eigenvalue weighted by molar-refractivity contribution is 7.99. The molecule has 10 heteroatoms. The van der Waals surface area contributed by atoms with Crippen molar-refractivity contribution < 1.29 is 14.3 Å². The number of aromatic nitrogens is 2. The number of fused-ring (bicyclic) bond motifs is 2. The van der Waals surface area contributed by atoms with Gasteiger partial charge in [-0.3, -0.25) is 14.2 Å². The van der Waals surface area contributed by atoms with E-state index in [9.17, 15) is 9.59 Å². The van der Waals surface area contributed by atoms with Gasteiger partial charge >= 0.3 is 0 Å². The fraction of sp³-hybridized carbons (Fsp3) is 0.136. The van der Waals surface area contributed by atoms with Crippen LogP contribution >= 0.6 is 34.7 Å². The quantitative estimate of drug-likeness (QED) is 0.317. The van der Waals surface area contributed by atoms with E-state index in [2.05, 4.69) is 10.3 Å². The molecule has 162 valence electrons. The molecule has 0 unspecified atom stereocenters. The topological polar surface area (TPSA) is 82.5 Å². The number of nitrogens with one attached hydrogen (secondary N) is 1. The van der Waals surface area contributed by atoms with Crippen molar-refractivity contribution >= 4 is 56.5 Å². The summed E-state index contributed by atoms with van der Waals surface area (Å²) in [5.74, 6) is 1.17. The number of thiophene rings is 1. The average molecular weight is 486 g/mol. The third-order valence-corrected chi connectivity index (χ3v) is 6.99. The number of amides is 1. The first-order valence-corrected chi connectivity index (χ1v) is 11.9. The van der Waals surface area contributed by atoms with E-state index >= 15 is 0 Å². The number of para-hydroxylation sites is 1. The van der Waals surface area contributed by atoms with Gasteiger partial charge in [0.15, 0.2) is 16.7 Å². The third kappa shape index (κ3) is 4.19. The van der Waals surface area contributed by atoms with Gasteiger partial charge in [-0.2, -0.15) is 0 Å². The molecule has 0 radical (unpaired) electrons. The van der Waals surface area contributed by atoms with E-state index in [-0.39, 0.29) is 24.0 Å². The maximum absolute atomic E-state index is 13.2. The van der Waals surface area contributed by atoms with Crippen LogP contribution in [0, 0.1) is 0 Å². The van der Waals surface area contributed by atoms with E-state index in [4.69, 9.17) is 21.1 Å². The van der Waals surface area contributed by atoms with Crippen LogP contribution in [0.2, 0.25) is 5.02 Å². The molecule has 0 atom stereocenters. The average Bonchev–Trinajstić information content (AvgIpc) is 3.45. The summed E-state index contributed by atoms with van der Waals surface area (Å²) in [6.07, 6.45) is 0. The molecule has 1 N–H and O–H groups in total. The lowest BCUT2D eigenvalue weighted by Crippen LogP contribution is -2.24. The first-order chi connectivity index (χ1) is 15.6. The number of hydrogen-bond acceptors (Lipinski definition) is 7. The second kappa shape index (κ2) is 8.85. The minimum atomic E-state index is -0.239. The predicted octanol–water partition coefficient (Wildman–Crippen LogP) is 4.62. The highest BCUT2D eigenvalue weighted by Crippen LogP contribution is 2.33. The number of benzene rings is 2. The van der Waals surface area contributed by atoms with E-state index in [1.807, 2.05) is 23.6 Å². The number of halogens is 1. The molecule has 7 nitrogen and oxygen atoms in total. The smallest absolute Gasteiger partial charge is 0.272 e. The molecule has 32 heavy (non-hydrogen) atoms. The highest BCUT2D eigenvalue weighted by atomic mass is 35.5. The maximum atomic E-state index is 13.2. The Morgan fingerprint density at radius 3 is 2.91 bits per heavy atom. The molecule has 1 amide bonds. The van der Waals surface area contributed by atoms with Gasteiger partial charge in [0.1, 0.15) is 4.70 Å². The molecular weight excluding hydrogens is 470 g/mol. The van der Waals surface area contributed by atoms with Gasteiger partial charge in [-0.15, -0.1) is 11.3 Å². The number of thioether (sulfide) groups is 1. The van der Waals surface area contributed by atoms with Gasteiger partial charge in [-0.1, -0.05) is 41.6 Å². The number of nitrogens with zero attached hydrogens (tertiary/aromatic N) is 2. The summed E-state index contributed by atoms with van der Waals surface area (Å²) in [6, 6.07) is 14.4. The van der Waals surface area contributed by atoms with Gasteiger partial charge < -0.3 is 14.8 Å². The molecule has 5 rings (SSSR count). The number of carbonyl (C=O) groups is 1. The van der Waals surface area contributed by atoms with Gasteiger partial charge in [0, 0.05) is 0 Å². The summed E-state index contributed by atoms with van der Waals surface area (Å²) in [6.45, 7) is 0.480. The van der Waals surface area contributed by atoms with Gasteiger partial charge in [0.05, 0.1) is 28.5 Å². The fourth-order valence-corrected chi connectivity index (χ4v) is 5.03. The summed E-state index contributed by atoms with van der Waals surface area (Å²) < 4.78 is 13.0. The van der Waals surface area contributed by atoms with Crippen molar-refractivity contribution in [1.82, 2.24) is 9.55 Å². The minimum Gasteiger partial charge on any atom is -0.454 e. The number of carbonyl (C=O) groups excluding carboxylic acids is 1. The zero-order chi connectivity index (χ0) is 22.1. The lowest BCUT2D eigenvalue weighted by Gasteiger charge is -2.13. The van der Waals surface area contributed by atoms with E-state index in [1.54, 1.807) is 34.9 Å². The molecule has 0 saturated heterocycles. The lowest BCUT2D eigenvalue weighted by molar-refractivity contribution is -0.113. The van der Waals surface area contributed by atoms with Crippen LogP contribution in [-0.2, 0) is 11.3 Å². The van der Waals surface area contributed by atoms with E-state index in [0.717, 1.165) is 5.56 Å². The molecule has 0 aliphatic carbocycles. The van der Waals surface area contributed by atoms with Crippen molar-refractivity contribution in [3.8, 4) is 11.5 Å². The van der Waals surface area contributed by atoms with Crippen molar-refractivity contribution in [2.75, 3.05) is 17.9 Å². The van der Waals surface area contributed by atoms with Crippen molar-refractivity contribution in [2.45, 2.75) is 11.7 Å². The monoisotopic (exact) mass is 485 g/mol. The predicted molar refractivity (Wildman–Crippen MR) is 126 cm³/mol. The van der Waals surface area contributed by atoms with Crippen LogP contribution in [0.1, 0.15) is 5.56 Å². The van der Waals surface area contributed by atoms with Gasteiger partial charge in [0.2, 0.25) is 12.7 Å². The zero-order valence-corrected chi connectivity index (χ0v) is 18.9. The first-order valence-electron chi connectivity index (χ1n) is 9.62. The number of ether oxygens (including phenoxy) is 2. The van der Waals surface area contributed by atoms with Crippen LogP contribution in [0.15, 0.2) is 63.9 Å². The third-order valence-electron chi connectivity index (χ3n) is 4.79. The Hall–Kier alpha value is -3.01. The summed E-state index contributed by atoms with van der Waals surface area (Å²) >= 11 is 8.67. The van der Waals surface area contributed by atoms with Gasteiger partial charge in [-0.25, -0.2) is 4.98 Å². The molecule has 1 aliphatic heterocycles. The van der Waals surface area contributed by atoms with Crippen LogP contribution in [0.5, 0.6) is 11.5 Å². The Bertz CT molecular complexity index is 1390. The summed E-state index contributed by atoms with van der Waals surface area (Å²) in [5, 5.41) is 5.55. The van der Waals surface area contributed by atoms with Crippen LogP contribution in [0.4, 0.5) is 5.69 Å². The Labute approximate surface area is 195 Å². The van der Waals surface area contributed by atoms with Crippen LogP contribution < -0.4 is 20.3 Å². The number of anilines is 1. The molecule has 0 spiro atoms. The molecule has 2 aromatic carbocycles. The fourth-order valence-electron chi connectivity index (χ4n) is 3.27. The Balaban J connectivity index is 1.41. The van der Waals surface area contributed by atoms with Crippen molar-refractivity contribution in [3.05, 3.63) is 74.9 Å². The largest absolute Gasteiger partial charge is 0.454 e. The molecule has 0 bridgehead atoms. The Kier molecular flexibility index (Phi) is 5.77. The van der Waals surface area contributed by atoms with Gasteiger partial charge in [-0.05, 0) is 41.3 Å². The summed E-state index contributed by atoms with van der Waals surface area (Å²) in [7, 11) is 0. The summed E-state index contributed by atoms with van der Waals surface area (Å²) in [4.78, 5) is 30.3. The minimum absolute atomic E-state index is 0.0778. The number of rotatable bonds is 6. The molecular formula is C22H16ClN3O4S2. The maximum Gasteiger partial charge on any atom is 0.272 e. The molecule has 2 aromatic heterocycles. The Morgan fingerprint density at radius 2 is 2.03 bits per heavy atom. The SMILES string of the molecule is O=C(CSc1nc2ccsc2c(=O)n1Cc1ccc2c(c1)OCO2)Nc1ccccc1Cl. The van der Waals surface area contributed by atoms with Crippen LogP contribution in [0.3, 0.4) is 0 Å². The number of hydrogen-bond donors (Lipinski definition) is 1. The van der Waals surface area contributed by atoms with Gasteiger partial charge in [0.25, 0.3) is 5.56 Å². The van der Waals surface area contributed by atoms with Crippen LogP contribution in [0.25, 0.3) is 10.2 Å². The van der Waals surface area contributed by atoms with E-state index in [0.29, 0.717) is 44.1 Å².